The number of ether oxygens (including phenoxy) is 1. The molecule has 148 valence electrons. The lowest BCUT2D eigenvalue weighted by molar-refractivity contribution is -0.144. The number of benzene rings is 2. The second-order valence-corrected chi connectivity index (χ2v) is 6.27. The molecule has 0 fully saturated rings. The quantitative estimate of drug-likeness (QED) is 0.594. The molecule has 3 rings (SSSR count). The van der Waals surface area contributed by atoms with E-state index in [1.54, 1.807) is 48.5 Å². The number of hydrogen-bond donors (Lipinski definition) is 2. The number of amides is 3. The van der Waals surface area contributed by atoms with Crippen molar-refractivity contribution in [3.63, 3.8) is 0 Å². The number of nitrogens with zero attached hydrogens (tertiary/aromatic N) is 1. The molecule has 3 amide bonds. The van der Waals surface area contributed by atoms with Gasteiger partial charge in [-0.25, -0.2) is 4.79 Å². The fourth-order valence-electron chi connectivity index (χ4n) is 2.79. The molecule has 0 saturated heterocycles. The molecule has 0 unspecified atom stereocenters. The summed E-state index contributed by atoms with van der Waals surface area (Å²) in [6.07, 6.45) is 1.46. The van der Waals surface area contributed by atoms with Gasteiger partial charge >= 0.3 is 5.97 Å². The molecule has 8 nitrogen and oxygen atoms in total. The van der Waals surface area contributed by atoms with E-state index in [4.69, 9.17) is 4.74 Å². The Morgan fingerprint density at radius 1 is 1.10 bits per heavy atom. The lowest BCUT2D eigenvalue weighted by Crippen LogP contribution is -2.44. The van der Waals surface area contributed by atoms with Gasteiger partial charge in [0, 0.05) is 6.92 Å². The molecule has 1 aliphatic heterocycles. The highest BCUT2D eigenvalue weighted by atomic mass is 16.5. The minimum atomic E-state index is -0.854. The van der Waals surface area contributed by atoms with Crippen LogP contribution in [0.3, 0.4) is 0 Å². The molecule has 2 aromatic rings. The van der Waals surface area contributed by atoms with Crippen LogP contribution in [0, 0.1) is 0 Å². The maximum Gasteiger partial charge on any atom is 0.355 e. The summed E-state index contributed by atoms with van der Waals surface area (Å²) in [5, 5.41) is 5.09. The van der Waals surface area contributed by atoms with Crippen molar-refractivity contribution in [3.05, 3.63) is 65.9 Å². The Hall–Kier alpha value is -3.94. The van der Waals surface area contributed by atoms with Crippen LogP contribution < -0.4 is 15.5 Å². The fourth-order valence-corrected chi connectivity index (χ4v) is 2.79. The summed E-state index contributed by atoms with van der Waals surface area (Å²) in [5.74, 6) is -2.20. The summed E-state index contributed by atoms with van der Waals surface area (Å²) in [6.45, 7) is 0.512. The zero-order valence-corrected chi connectivity index (χ0v) is 15.7. The number of rotatable bonds is 5. The van der Waals surface area contributed by atoms with Crippen molar-refractivity contribution >= 4 is 41.1 Å². The minimum absolute atomic E-state index is 0.0895. The average molecular weight is 393 g/mol. The van der Waals surface area contributed by atoms with Gasteiger partial charge in [0.2, 0.25) is 11.8 Å². The van der Waals surface area contributed by atoms with Crippen molar-refractivity contribution < 1.29 is 23.9 Å². The van der Waals surface area contributed by atoms with Crippen LogP contribution in [0.2, 0.25) is 0 Å². The van der Waals surface area contributed by atoms with Crippen molar-refractivity contribution in [2.45, 2.75) is 6.92 Å². The Bertz CT molecular complexity index is 985. The predicted molar refractivity (Wildman–Crippen MR) is 107 cm³/mol. The topological polar surface area (TPSA) is 105 Å². The third-order valence-electron chi connectivity index (χ3n) is 4.04. The number of esters is 1. The van der Waals surface area contributed by atoms with Crippen molar-refractivity contribution in [3.8, 4) is 0 Å². The van der Waals surface area contributed by atoms with E-state index >= 15 is 0 Å². The lowest BCUT2D eigenvalue weighted by Gasteiger charge is -2.28. The number of para-hydroxylation sites is 2. The monoisotopic (exact) mass is 393 g/mol. The second kappa shape index (κ2) is 8.83. The summed E-state index contributed by atoms with van der Waals surface area (Å²) in [4.78, 5) is 49.5. The van der Waals surface area contributed by atoms with Crippen molar-refractivity contribution in [1.29, 1.82) is 0 Å². The van der Waals surface area contributed by atoms with Crippen LogP contribution in [-0.4, -0.2) is 36.8 Å². The van der Waals surface area contributed by atoms with Gasteiger partial charge < -0.3 is 15.4 Å². The van der Waals surface area contributed by atoms with E-state index in [-0.39, 0.29) is 18.1 Å². The van der Waals surface area contributed by atoms with Gasteiger partial charge in [-0.2, -0.15) is 0 Å². The highest BCUT2D eigenvalue weighted by Gasteiger charge is 2.27. The molecule has 0 spiro atoms. The minimum Gasteiger partial charge on any atom is -0.451 e. The summed E-state index contributed by atoms with van der Waals surface area (Å²) in [6, 6.07) is 15.7. The van der Waals surface area contributed by atoms with E-state index < -0.39 is 24.4 Å². The van der Waals surface area contributed by atoms with Gasteiger partial charge in [0.05, 0.1) is 11.4 Å². The maximum atomic E-state index is 12.6. The van der Waals surface area contributed by atoms with Gasteiger partial charge in [-0.15, -0.1) is 0 Å². The molecule has 1 aliphatic rings. The molecule has 0 saturated carbocycles. The average Bonchev–Trinajstić information content (AvgIpc) is 2.71. The van der Waals surface area contributed by atoms with E-state index in [0.29, 0.717) is 16.9 Å². The highest BCUT2D eigenvalue weighted by Crippen LogP contribution is 2.28. The smallest absolute Gasteiger partial charge is 0.355 e. The zero-order valence-electron chi connectivity index (χ0n) is 15.7. The number of nitrogens with one attached hydrogen (secondary N) is 2. The molecule has 0 atom stereocenters. The number of carbonyl (C=O) groups excluding carboxylic acids is 4. The van der Waals surface area contributed by atoms with E-state index in [2.05, 4.69) is 10.6 Å². The molecular formula is C21H19N3O5. The third-order valence-corrected chi connectivity index (χ3v) is 4.04. The first-order valence-electron chi connectivity index (χ1n) is 8.85. The van der Waals surface area contributed by atoms with Gasteiger partial charge in [-0.3, -0.25) is 19.3 Å². The normalized spacial score (nSPS) is 13.2. The standard InChI is InChI=1S/C21H19N3O5/c1-14(25)22-17(11-15-7-3-2-4-8-15)21(28)29-13-20(27)24-12-19(26)23-16-9-5-6-10-18(16)24/h2-11H,12-13H2,1H3,(H,22,25)(H,23,26)/b17-11-. The SMILES string of the molecule is CC(=O)N/C(=C\c1ccccc1)C(=O)OCC(=O)N1CC(=O)Nc2ccccc21. The van der Waals surface area contributed by atoms with Crippen molar-refractivity contribution in [2.75, 3.05) is 23.4 Å². The van der Waals surface area contributed by atoms with Gasteiger partial charge in [0.25, 0.3) is 5.91 Å². The summed E-state index contributed by atoms with van der Waals surface area (Å²) in [7, 11) is 0. The van der Waals surface area contributed by atoms with E-state index in [0.717, 1.165) is 0 Å². The van der Waals surface area contributed by atoms with Crippen LogP contribution in [0.4, 0.5) is 11.4 Å². The van der Waals surface area contributed by atoms with Gasteiger partial charge in [-0.05, 0) is 23.8 Å². The summed E-state index contributed by atoms with van der Waals surface area (Å²) >= 11 is 0. The van der Waals surface area contributed by atoms with Crippen LogP contribution >= 0.6 is 0 Å². The van der Waals surface area contributed by atoms with Crippen molar-refractivity contribution in [1.82, 2.24) is 5.32 Å². The van der Waals surface area contributed by atoms with Crippen molar-refractivity contribution in [2.24, 2.45) is 0 Å². The van der Waals surface area contributed by atoms with E-state index in [9.17, 15) is 19.2 Å². The van der Waals surface area contributed by atoms with Gasteiger partial charge in [0.1, 0.15) is 12.2 Å². The molecule has 2 N–H and O–H groups in total. The largest absolute Gasteiger partial charge is 0.451 e. The Morgan fingerprint density at radius 3 is 2.52 bits per heavy atom. The summed E-state index contributed by atoms with van der Waals surface area (Å²) < 4.78 is 5.10. The molecule has 2 aromatic carbocycles. The molecule has 0 bridgehead atoms. The third kappa shape index (κ3) is 5.07. The molecular weight excluding hydrogens is 374 g/mol. The number of anilines is 2. The second-order valence-electron chi connectivity index (χ2n) is 6.27. The molecule has 0 aromatic heterocycles. The Kier molecular flexibility index (Phi) is 6.03. The molecule has 0 aliphatic carbocycles. The van der Waals surface area contributed by atoms with Crippen LogP contribution in [0.5, 0.6) is 0 Å². The van der Waals surface area contributed by atoms with Crippen LogP contribution in [0.1, 0.15) is 12.5 Å². The highest BCUT2D eigenvalue weighted by molar-refractivity contribution is 6.10. The lowest BCUT2D eigenvalue weighted by atomic mass is 10.2. The first kappa shape index (κ1) is 19.8. The maximum absolute atomic E-state index is 12.6. The van der Waals surface area contributed by atoms with Crippen LogP contribution in [-0.2, 0) is 23.9 Å². The molecule has 29 heavy (non-hydrogen) atoms. The Balaban J connectivity index is 1.71. The predicted octanol–water partition coefficient (Wildman–Crippen LogP) is 1.69. The van der Waals surface area contributed by atoms with E-state index in [1.165, 1.54) is 17.9 Å². The zero-order chi connectivity index (χ0) is 20.8. The van der Waals surface area contributed by atoms with Gasteiger partial charge in [0.15, 0.2) is 6.61 Å². The number of hydrogen-bond acceptors (Lipinski definition) is 5. The Labute approximate surface area is 167 Å². The van der Waals surface area contributed by atoms with Crippen LogP contribution in [0.15, 0.2) is 60.3 Å². The first-order chi connectivity index (χ1) is 13.9. The molecule has 1 heterocycles. The number of fused-ring (bicyclic) bond motifs is 1. The van der Waals surface area contributed by atoms with Gasteiger partial charge in [-0.1, -0.05) is 42.5 Å². The Morgan fingerprint density at radius 2 is 1.79 bits per heavy atom. The van der Waals surface area contributed by atoms with E-state index in [1.807, 2.05) is 6.07 Å². The fraction of sp³-hybridized carbons (Fsp3) is 0.143. The number of carbonyl (C=O) groups is 4. The first-order valence-corrected chi connectivity index (χ1v) is 8.85. The summed E-state index contributed by atoms with van der Waals surface area (Å²) in [5.41, 5.74) is 1.62. The molecule has 0 radical (unpaired) electrons. The molecule has 8 heteroatoms. The van der Waals surface area contributed by atoms with Crippen LogP contribution in [0.25, 0.3) is 6.08 Å².